The summed E-state index contributed by atoms with van der Waals surface area (Å²) in [6.07, 6.45) is 0.760. The zero-order valence-corrected chi connectivity index (χ0v) is 17.2. The SMILES string of the molecule is COc1cc2oc3c(c2cc1OC)CCN(CC(=O)Nc1ccc(C(=O)NO)cc1)C3. The number of fused-ring (bicyclic) bond motifs is 3. The van der Waals surface area contributed by atoms with Crippen molar-refractivity contribution in [3.05, 3.63) is 53.3 Å². The van der Waals surface area contributed by atoms with Crippen molar-refractivity contribution >= 4 is 28.5 Å². The third-order valence-electron chi connectivity index (χ3n) is 5.33. The quantitative estimate of drug-likeness (QED) is 0.411. The molecule has 4 rings (SSSR count). The molecule has 2 amide bonds. The zero-order chi connectivity index (χ0) is 22.0. The Morgan fingerprint density at radius 2 is 1.84 bits per heavy atom. The second kappa shape index (κ2) is 8.66. The van der Waals surface area contributed by atoms with Crippen molar-refractivity contribution in [1.29, 1.82) is 0 Å². The zero-order valence-electron chi connectivity index (χ0n) is 17.2. The summed E-state index contributed by atoms with van der Waals surface area (Å²) in [5.74, 6) is 1.33. The van der Waals surface area contributed by atoms with E-state index in [0.717, 1.165) is 35.3 Å². The van der Waals surface area contributed by atoms with Gasteiger partial charge in [0.15, 0.2) is 11.5 Å². The van der Waals surface area contributed by atoms with Crippen LogP contribution in [0, 0.1) is 0 Å². The molecule has 31 heavy (non-hydrogen) atoms. The number of methoxy groups -OCH3 is 2. The normalized spacial score (nSPS) is 13.5. The van der Waals surface area contributed by atoms with Crippen molar-refractivity contribution in [3.63, 3.8) is 0 Å². The molecule has 0 atom stereocenters. The Kier molecular flexibility index (Phi) is 5.79. The van der Waals surface area contributed by atoms with Crippen LogP contribution in [0.3, 0.4) is 0 Å². The first-order chi connectivity index (χ1) is 15.0. The fourth-order valence-electron chi connectivity index (χ4n) is 3.79. The van der Waals surface area contributed by atoms with E-state index in [9.17, 15) is 9.59 Å². The summed E-state index contributed by atoms with van der Waals surface area (Å²) in [4.78, 5) is 25.9. The number of nitrogens with zero attached hydrogens (tertiary/aromatic N) is 1. The molecular weight excluding hydrogens is 402 g/mol. The van der Waals surface area contributed by atoms with Gasteiger partial charge in [-0.1, -0.05) is 0 Å². The lowest BCUT2D eigenvalue weighted by Gasteiger charge is -2.25. The van der Waals surface area contributed by atoms with E-state index < -0.39 is 5.91 Å². The van der Waals surface area contributed by atoms with E-state index in [2.05, 4.69) is 5.32 Å². The summed E-state index contributed by atoms with van der Waals surface area (Å²) >= 11 is 0. The Morgan fingerprint density at radius 1 is 1.13 bits per heavy atom. The highest BCUT2D eigenvalue weighted by atomic mass is 16.5. The maximum absolute atomic E-state index is 12.5. The molecule has 0 spiro atoms. The molecule has 1 aromatic heterocycles. The highest BCUT2D eigenvalue weighted by Gasteiger charge is 2.25. The molecule has 0 fully saturated rings. The molecule has 0 radical (unpaired) electrons. The molecule has 162 valence electrons. The third kappa shape index (κ3) is 4.18. The van der Waals surface area contributed by atoms with Gasteiger partial charge in [0.25, 0.3) is 5.91 Å². The van der Waals surface area contributed by atoms with E-state index >= 15 is 0 Å². The van der Waals surface area contributed by atoms with Gasteiger partial charge >= 0.3 is 0 Å². The van der Waals surface area contributed by atoms with Crippen molar-refractivity contribution in [3.8, 4) is 11.5 Å². The fraction of sp³-hybridized carbons (Fsp3) is 0.273. The van der Waals surface area contributed by atoms with E-state index in [0.29, 0.717) is 29.3 Å². The Bertz CT molecular complexity index is 1120. The molecule has 2 aromatic carbocycles. The van der Waals surface area contributed by atoms with Crippen LogP contribution in [0.5, 0.6) is 11.5 Å². The lowest BCUT2D eigenvalue weighted by molar-refractivity contribution is -0.117. The number of ether oxygens (including phenoxy) is 2. The number of furan rings is 1. The Balaban J connectivity index is 1.43. The van der Waals surface area contributed by atoms with Crippen molar-refractivity contribution in [2.24, 2.45) is 0 Å². The number of benzene rings is 2. The summed E-state index contributed by atoms with van der Waals surface area (Å²) < 4.78 is 16.8. The highest BCUT2D eigenvalue weighted by molar-refractivity contribution is 5.95. The summed E-state index contributed by atoms with van der Waals surface area (Å²) in [6, 6.07) is 10.0. The molecular formula is C22H23N3O6. The lowest BCUT2D eigenvalue weighted by Crippen LogP contribution is -2.36. The molecule has 0 unspecified atom stereocenters. The number of hydroxylamine groups is 1. The standard InChI is InChI=1S/C22H23N3O6/c1-29-18-9-16-15-7-8-25(11-20(15)31-17(16)10-19(18)30-2)12-21(26)23-14-5-3-13(4-6-14)22(27)24-28/h3-6,9-10,28H,7-8,11-12H2,1-2H3,(H,23,26)(H,24,27). The third-order valence-corrected chi connectivity index (χ3v) is 5.33. The predicted molar refractivity (Wildman–Crippen MR) is 113 cm³/mol. The Morgan fingerprint density at radius 3 is 2.52 bits per heavy atom. The van der Waals surface area contributed by atoms with Crippen LogP contribution < -0.4 is 20.3 Å². The predicted octanol–water partition coefficient (Wildman–Crippen LogP) is 2.57. The summed E-state index contributed by atoms with van der Waals surface area (Å²) in [5, 5.41) is 12.5. The molecule has 9 heteroatoms. The van der Waals surface area contributed by atoms with Crippen molar-refractivity contribution in [2.45, 2.75) is 13.0 Å². The minimum Gasteiger partial charge on any atom is -0.493 e. The molecule has 0 saturated heterocycles. The number of anilines is 1. The first-order valence-electron chi connectivity index (χ1n) is 9.75. The van der Waals surface area contributed by atoms with E-state index in [4.69, 9.17) is 19.1 Å². The molecule has 0 saturated carbocycles. The fourth-order valence-corrected chi connectivity index (χ4v) is 3.79. The van der Waals surface area contributed by atoms with E-state index in [1.807, 2.05) is 17.0 Å². The van der Waals surface area contributed by atoms with E-state index in [-0.39, 0.29) is 12.5 Å². The van der Waals surface area contributed by atoms with Gasteiger partial charge in [0.2, 0.25) is 5.91 Å². The monoisotopic (exact) mass is 425 g/mol. The average Bonchev–Trinajstić information content (AvgIpc) is 3.14. The van der Waals surface area contributed by atoms with Crippen LogP contribution in [0.25, 0.3) is 11.0 Å². The van der Waals surface area contributed by atoms with Crippen LogP contribution in [0.4, 0.5) is 5.69 Å². The average molecular weight is 425 g/mol. The van der Waals surface area contributed by atoms with Gasteiger partial charge in [-0.05, 0) is 36.8 Å². The number of rotatable bonds is 6. The molecule has 1 aliphatic heterocycles. The van der Waals surface area contributed by atoms with Crippen molar-refractivity contribution in [2.75, 3.05) is 32.6 Å². The molecule has 3 aromatic rings. The van der Waals surface area contributed by atoms with E-state index in [1.54, 1.807) is 31.8 Å². The molecule has 0 aliphatic carbocycles. The van der Waals surface area contributed by atoms with Crippen LogP contribution in [-0.4, -0.2) is 49.2 Å². The largest absolute Gasteiger partial charge is 0.493 e. The number of carbonyl (C=O) groups excluding carboxylic acids is 2. The first kappa shape index (κ1) is 20.7. The number of amides is 2. The maximum Gasteiger partial charge on any atom is 0.274 e. The molecule has 0 bridgehead atoms. The van der Waals surface area contributed by atoms with Crippen LogP contribution in [0.15, 0.2) is 40.8 Å². The Labute approximate surface area is 178 Å². The first-order valence-corrected chi connectivity index (χ1v) is 9.75. The van der Waals surface area contributed by atoms with Crippen LogP contribution >= 0.6 is 0 Å². The lowest BCUT2D eigenvalue weighted by atomic mass is 10.0. The van der Waals surface area contributed by atoms with E-state index in [1.165, 1.54) is 12.1 Å². The highest BCUT2D eigenvalue weighted by Crippen LogP contribution is 2.38. The molecule has 2 heterocycles. The topological polar surface area (TPSA) is 113 Å². The number of nitrogens with one attached hydrogen (secondary N) is 2. The summed E-state index contributed by atoms with van der Waals surface area (Å²) in [6.45, 7) is 1.46. The number of carbonyl (C=O) groups is 2. The minimum atomic E-state index is -0.608. The van der Waals surface area contributed by atoms with Crippen molar-refractivity contribution < 1.29 is 28.7 Å². The Hall–Kier alpha value is -3.56. The van der Waals surface area contributed by atoms with Gasteiger partial charge in [-0.3, -0.25) is 19.7 Å². The van der Waals surface area contributed by atoms with Gasteiger partial charge < -0.3 is 19.2 Å². The summed E-state index contributed by atoms with van der Waals surface area (Å²) in [5.41, 5.74) is 4.30. The minimum absolute atomic E-state index is 0.165. The van der Waals surface area contributed by atoms with Gasteiger partial charge in [-0.2, -0.15) is 0 Å². The second-order valence-electron chi connectivity index (χ2n) is 7.23. The van der Waals surface area contributed by atoms with Gasteiger partial charge in [-0.15, -0.1) is 0 Å². The number of hydrogen-bond donors (Lipinski definition) is 3. The second-order valence-corrected chi connectivity index (χ2v) is 7.23. The van der Waals surface area contributed by atoms with Gasteiger partial charge in [0.1, 0.15) is 11.3 Å². The van der Waals surface area contributed by atoms with Gasteiger partial charge in [-0.25, -0.2) is 5.48 Å². The van der Waals surface area contributed by atoms with Gasteiger partial charge in [0.05, 0.1) is 27.3 Å². The molecule has 1 aliphatic rings. The van der Waals surface area contributed by atoms with Crippen LogP contribution in [0.1, 0.15) is 21.7 Å². The maximum atomic E-state index is 12.5. The van der Waals surface area contributed by atoms with Crippen LogP contribution in [-0.2, 0) is 17.8 Å². The van der Waals surface area contributed by atoms with Crippen molar-refractivity contribution in [1.82, 2.24) is 10.4 Å². The molecule has 9 nitrogen and oxygen atoms in total. The number of hydrogen-bond acceptors (Lipinski definition) is 7. The van der Waals surface area contributed by atoms with Gasteiger partial charge in [0, 0.05) is 34.8 Å². The smallest absolute Gasteiger partial charge is 0.274 e. The summed E-state index contributed by atoms with van der Waals surface area (Å²) in [7, 11) is 3.19. The molecule has 3 N–H and O–H groups in total. The van der Waals surface area contributed by atoms with Crippen LogP contribution in [0.2, 0.25) is 0 Å².